The highest BCUT2D eigenvalue weighted by Gasteiger charge is 2.47. The molecule has 2 aliphatic carbocycles. The number of alkyl halides is 1. The van der Waals surface area contributed by atoms with Gasteiger partial charge in [0.1, 0.15) is 4.87 Å². The summed E-state index contributed by atoms with van der Waals surface area (Å²) in [6.45, 7) is 0. The summed E-state index contributed by atoms with van der Waals surface area (Å²) in [7, 11) is 0. The summed E-state index contributed by atoms with van der Waals surface area (Å²) in [6, 6.07) is 2.19. The second kappa shape index (κ2) is 1.77. The van der Waals surface area contributed by atoms with Crippen molar-refractivity contribution in [1.82, 2.24) is 0 Å². The Morgan fingerprint density at radius 3 is 2.70 bits per heavy atom. The van der Waals surface area contributed by atoms with E-state index in [4.69, 9.17) is 16.9 Å². The highest BCUT2D eigenvalue weighted by Crippen LogP contribution is 2.49. The predicted molar refractivity (Wildman–Crippen MR) is 39.6 cm³/mol. The fraction of sp³-hybridized carbons (Fsp3) is 0.625. The minimum absolute atomic E-state index is 0.323. The van der Waals surface area contributed by atoms with Crippen molar-refractivity contribution < 1.29 is 0 Å². The molecule has 2 aliphatic rings. The van der Waals surface area contributed by atoms with Crippen LogP contribution in [0.4, 0.5) is 0 Å². The van der Waals surface area contributed by atoms with Crippen LogP contribution in [0.1, 0.15) is 12.8 Å². The van der Waals surface area contributed by atoms with Gasteiger partial charge in [0, 0.05) is 5.92 Å². The average molecular weight is 154 g/mol. The van der Waals surface area contributed by atoms with Crippen LogP contribution in [0.15, 0.2) is 12.2 Å². The van der Waals surface area contributed by atoms with E-state index < -0.39 is 4.87 Å². The van der Waals surface area contributed by atoms with Gasteiger partial charge in [-0.2, -0.15) is 5.26 Å². The Hall–Kier alpha value is -0.480. The van der Waals surface area contributed by atoms with Crippen molar-refractivity contribution in [1.29, 1.82) is 5.26 Å². The van der Waals surface area contributed by atoms with Gasteiger partial charge in [0.15, 0.2) is 0 Å². The third kappa shape index (κ3) is 0.630. The normalized spacial score (nSPS) is 49.6. The average Bonchev–Trinajstić information content (AvgIpc) is 2.46. The van der Waals surface area contributed by atoms with Crippen LogP contribution in [0.2, 0.25) is 0 Å². The lowest BCUT2D eigenvalue weighted by Crippen LogP contribution is -2.23. The molecule has 2 heteroatoms. The zero-order chi connectivity index (χ0) is 7.19. The van der Waals surface area contributed by atoms with Crippen LogP contribution in [0.5, 0.6) is 0 Å². The molecule has 1 saturated carbocycles. The standard InChI is InChI=1S/C8H8ClN/c9-8(5-10)4-6-1-2-7(8)3-6/h1-2,6-7H,3-4H2/t6-,7+,8-/m1/s1. The Bertz CT molecular complexity index is 228. The number of nitriles is 1. The number of rotatable bonds is 0. The second-order valence-corrected chi connectivity index (χ2v) is 3.84. The molecule has 2 bridgehead atoms. The minimum Gasteiger partial charge on any atom is -0.196 e. The molecule has 0 spiro atoms. The minimum atomic E-state index is -0.556. The van der Waals surface area contributed by atoms with Crippen LogP contribution in [-0.2, 0) is 0 Å². The Balaban J connectivity index is 2.33. The van der Waals surface area contributed by atoms with Gasteiger partial charge in [-0.25, -0.2) is 0 Å². The van der Waals surface area contributed by atoms with Crippen LogP contribution < -0.4 is 0 Å². The van der Waals surface area contributed by atoms with Crippen molar-refractivity contribution in [3.8, 4) is 6.07 Å². The van der Waals surface area contributed by atoms with Gasteiger partial charge in [-0.3, -0.25) is 0 Å². The third-order valence-corrected chi connectivity index (χ3v) is 3.02. The van der Waals surface area contributed by atoms with Gasteiger partial charge in [0.25, 0.3) is 0 Å². The Kier molecular flexibility index (Phi) is 1.10. The van der Waals surface area contributed by atoms with Gasteiger partial charge in [0.05, 0.1) is 6.07 Å². The van der Waals surface area contributed by atoms with E-state index in [-0.39, 0.29) is 0 Å². The molecule has 0 amide bonds. The van der Waals surface area contributed by atoms with Crippen molar-refractivity contribution in [3.05, 3.63) is 12.2 Å². The first kappa shape index (κ1) is 6.24. The molecule has 0 radical (unpaired) electrons. The highest BCUT2D eigenvalue weighted by molar-refractivity contribution is 6.26. The summed E-state index contributed by atoms with van der Waals surface area (Å²) in [6.07, 6.45) is 6.22. The van der Waals surface area contributed by atoms with E-state index in [0.29, 0.717) is 11.8 Å². The molecule has 52 valence electrons. The quantitative estimate of drug-likeness (QED) is 0.386. The van der Waals surface area contributed by atoms with Crippen molar-refractivity contribution in [2.75, 3.05) is 0 Å². The number of allylic oxidation sites excluding steroid dienone is 2. The van der Waals surface area contributed by atoms with Crippen molar-refractivity contribution in [2.45, 2.75) is 17.7 Å². The summed E-state index contributed by atoms with van der Waals surface area (Å²) >= 11 is 6.04. The third-order valence-electron chi connectivity index (χ3n) is 2.51. The summed E-state index contributed by atoms with van der Waals surface area (Å²) in [5.41, 5.74) is 0. The molecule has 0 aliphatic heterocycles. The smallest absolute Gasteiger partial charge is 0.137 e. The first-order chi connectivity index (χ1) is 4.74. The van der Waals surface area contributed by atoms with E-state index in [1.165, 1.54) is 0 Å². The SMILES string of the molecule is N#C[C@]1(Cl)C[C@@H]2C=C[C@H]1C2. The number of hydrogen-bond acceptors (Lipinski definition) is 1. The van der Waals surface area contributed by atoms with E-state index >= 15 is 0 Å². The molecule has 1 fully saturated rings. The van der Waals surface area contributed by atoms with Crippen LogP contribution >= 0.6 is 11.6 Å². The molecule has 0 aromatic heterocycles. The van der Waals surface area contributed by atoms with Crippen molar-refractivity contribution >= 4 is 11.6 Å². The van der Waals surface area contributed by atoms with Gasteiger partial charge in [-0.1, -0.05) is 12.2 Å². The molecule has 0 aromatic rings. The lowest BCUT2D eigenvalue weighted by molar-refractivity contribution is 0.602. The Morgan fingerprint density at radius 2 is 2.40 bits per heavy atom. The zero-order valence-electron chi connectivity index (χ0n) is 5.55. The fourth-order valence-corrected chi connectivity index (χ4v) is 2.29. The van der Waals surface area contributed by atoms with E-state index in [1.807, 2.05) is 0 Å². The monoisotopic (exact) mass is 153 g/mol. The summed E-state index contributed by atoms with van der Waals surface area (Å²) < 4.78 is 0. The van der Waals surface area contributed by atoms with Crippen LogP contribution in [0, 0.1) is 23.2 Å². The van der Waals surface area contributed by atoms with Gasteiger partial charge in [-0.15, -0.1) is 11.6 Å². The predicted octanol–water partition coefficient (Wildman–Crippen LogP) is 2.08. The van der Waals surface area contributed by atoms with Crippen LogP contribution in [-0.4, -0.2) is 4.87 Å². The summed E-state index contributed by atoms with van der Waals surface area (Å²) in [4.78, 5) is -0.556. The molecule has 2 rings (SSSR count). The molecule has 1 nitrogen and oxygen atoms in total. The van der Waals surface area contributed by atoms with Crippen LogP contribution in [0.3, 0.4) is 0 Å². The molecule has 3 atom stereocenters. The van der Waals surface area contributed by atoms with Gasteiger partial charge in [-0.05, 0) is 18.8 Å². The molecule has 0 unspecified atom stereocenters. The van der Waals surface area contributed by atoms with Gasteiger partial charge >= 0.3 is 0 Å². The lowest BCUT2D eigenvalue weighted by Gasteiger charge is -2.19. The lowest BCUT2D eigenvalue weighted by atomic mass is 9.94. The maximum Gasteiger partial charge on any atom is 0.137 e. The van der Waals surface area contributed by atoms with E-state index in [9.17, 15) is 0 Å². The number of nitrogens with zero attached hydrogens (tertiary/aromatic N) is 1. The molecule has 0 N–H and O–H groups in total. The largest absolute Gasteiger partial charge is 0.196 e. The maximum absolute atomic E-state index is 8.73. The Labute approximate surface area is 65.3 Å². The fourth-order valence-electron chi connectivity index (χ4n) is 1.93. The topological polar surface area (TPSA) is 23.8 Å². The van der Waals surface area contributed by atoms with E-state index in [2.05, 4.69) is 18.2 Å². The zero-order valence-corrected chi connectivity index (χ0v) is 6.30. The molecule has 0 aromatic carbocycles. The van der Waals surface area contributed by atoms with E-state index in [1.54, 1.807) is 0 Å². The number of fused-ring (bicyclic) bond motifs is 2. The van der Waals surface area contributed by atoms with Crippen LogP contribution in [0.25, 0.3) is 0 Å². The summed E-state index contributed by atoms with van der Waals surface area (Å²) in [5, 5.41) is 8.73. The highest BCUT2D eigenvalue weighted by atomic mass is 35.5. The number of halogens is 1. The first-order valence-electron chi connectivity index (χ1n) is 3.53. The Morgan fingerprint density at radius 1 is 1.60 bits per heavy atom. The van der Waals surface area contributed by atoms with Crippen molar-refractivity contribution in [3.63, 3.8) is 0 Å². The number of hydrogen-bond donors (Lipinski definition) is 0. The molecule has 10 heavy (non-hydrogen) atoms. The first-order valence-corrected chi connectivity index (χ1v) is 3.91. The van der Waals surface area contributed by atoms with E-state index in [0.717, 1.165) is 12.8 Å². The molecular formula is C8H8ClN. The van der Waals surface area contributed by atoms with Gasteiger partial charge < -0.3 is 0 Å². The second-order valence-electron chi connectivity index (χ2n) is 3.17. The molecule has 0 saturated heterocycles. The summed E-state index contributed by atoms with van der Waals surface area (Å²) in [5.74, 6) is 0.909. The maximum atomic E-state index is 8.73. The van der Waals surface area contributed by atoms with Crippen molar-refractivity contribution in [2.24, 2.45) is 11.8 Å². The molecule has 0 heterocycles. The van der Waals surface area contributed by atoms with Gasteiger partial charge in [0.2, 0.25) is 0 Å². The molecular weight excluding hydrogens is 146 g/mol.